The van der Waals surface area contributed by atoms with Crippen molar-refractivity contribution in [3.05, 3.63) is 32.8 Å². The number of rotatable bonds is 2. The van der Waals surface area contributed by atoms with Gasteiger partial charge < -0.3 is 5.73 Å². The van der Waals surface area contributed by atoms with Crippen LogP contribution in [-0.4, -0.2) is 10.7 Å². The molecule has 0 saturated carbocycles. The fraction of sp³-hybridized carbons (Fsp3) is 0.125. The minimum absolute atomic E-state index is 0. The van der Waals surface area contributed by atoms with Crippen molar-refractivity contribution in [3.8, 4) is 0 Å². The number of anilines is 1. The fourth-order valence-corrected chi connectivity index (χ4v) is 1.31. The Labute approximate surface area is 96.8 Å². The number of carbonyl (C=O) groups is 1. The van der Waals surface area contributed by atoms with E-state index in [1.54, 1.807) is 0 Å². The van der Waals surface area contributed by atoms with Crippen molar-refractivity contribution in [2.75, 3.05) is 5.73 Å². The summed E-state index contributed by atoms with van der Waals surface area (Å²) >= 11 is 5.57. The highest BCUT2D eigenvalue weighted by Crippen LogP contribution is 2.33. The summed E-state index contributed by atoms with van der Waals surface area (Å²) in [4.78, 5) is 20.8. The molecule has 0 radical (unpaired) electrons. The molecule has 15 heavy (non-hydrogen) atoms. The lowest BCUT2D eigenvalue weighted by molar-refractivity contribution is -0.383. The van der Waals surface area contributed by atoms with Crippen molar-refractivity contribution in [3.63, 3.8) is 0 Å². The van der Waals surface area contributed by atoms with Crippen LogP contribution in [0.25, 0.3) is 0 Å². The van der Waals surface area contributed by atoms with Crippen LogP contribution >= 0.6 is 24.0 Å². The molecule has 0 atom stereocenters. The molecule has 0 aliphatic rings. The smallest absolute Gasteiger partial charge is 0.311 e. The number of ketones is 1. The van der Waals surface area contributed by atoms with E-state index in [4.69, 9.17) is 17.3 Å². The SMILES string of the molecule is CC(=O)c1ccc(Cl)c([N+](=O)[O-])c1N.Cl. The third kappa shape index (κ3) is 2.57. The molecule has 0 bridgehead atoms. The average molecular weight is 251 g/mol. The molecule has 0 aromatic heterocycles. The molecular formula is C8H8Cl2N2O3. The topological polar surface area (TPSA) is 86.2 Å². The van der Waals surface area contributed by atoms with Gasteiger partial charge in [-0.2, -0.15) is 0 Å². The Kier molecular flexibility index (Phi) is 4.51. The van der Waals surface area contributed by atoms with Crippen LogP contribution in [0.5, 0.6) is 0 Å². The van der Waals surface area contributed by atoms with Crippen LogP contribution in [0.15, 0.2) is 12.1 Å². The first kappa shape index (κ1) is 13.7. The molecule has 2 N–H and O–H groups in total. The molecule has 1 aromatic carbocycles. The summed E-state index contributed by atoms with van der Waals surface area (Å²) in [6.07, 6.45) is 0. The molecule has 0 fully saturated rings. The number of Topliss-reactive ketones (excluding diaryl/α,β-unsaturated/α-hetero) is 1. The van der Waals surface area contributed by atoms with E-state index in [-0.39, 0.29) is 34.5 Å². The summed E-state index contributed by atoms with van der Waals surface area (Å²) in [5.74, 6) is -0.331. The summed E-state index contributed by atoms with van der Waals surface area (Å²) in [5, 5.41) is 10.5. The van der Waals surface area contributed by atoms with Crippen LogP contribution in [0, 0.1) is 10.1 Å². The first-order valence-electron chi connectivity index (χ1n) is 3.68. The van der Waals surface area contributed by atoms with E-state index < -0.39 is 10.6 Å². The maximum Gasteiger partial charge on any atom is 0.311 e. The number of nitrogen functional groups attached to an aromatic ring is 1. The van der Waals surface area contributed by atoms with Gasteiger partial charge in [-0.15, -0.1) is 12.4 Å². The lowest BCUT2D eigenvalue weighted by Gasteiger charge is -2.03. The second-order valence-electron chi connectivity index (χ2n) is 2.67. The van der Waals surface area contributed by atoms with Crippen molar-refractivity contribution in [1.82, 2.24) is 0 Å². The van der Waals surface area contributed by atoms with Gasteiger partial charge in [-0.3, -0.25) is 14.9 Å². The first-order valence-corrected chi connectivity index (χ1v) is 4.06. The Morgan fingerprint density at radius 2 is 2.07 bits per heavy atom. The highest BCUT2D eigenvalue weighted by molar-refractivity contribution is 6.33. The van der Waals surface area contributed by atoms with Gasteiger partial charge >= 0.3 is 5.69 Å². The molecule has 1 aromatic rings. The molecule has 0 saturated heterocycles. The van der Waals surface area contributed by atoms with E-state index in [2.05, 4.69) is 0 Å². The normalized spacial score (nSPS) is 9.20. The van der Waals surface area contributed by atoms with Crippen molar-refractivity contribution in [2.45, 2.75) is 6.92 Å². The van der Waals surface area contributed by atoms with Crippen molar-refractivity contribution < 1.29 is 9.72 Å². The Morgan fingerprint density at radius 1 is 1.53 bits per heavy atom. The van der Waals surface area contributed by atoms with Crippen LogP contribution in [0.3, 0.4) is 0 Å². The predicted octanol–water partition coefficient (Wildman–Crippen LogP) is 2.45. The van der Waals surface area contributed by atoms with E-state index >= 15 is 0 Å². The highest BCUT2D eigenvalue weighted by Gasteiger charge is 2.21. The summed E-state index contributed by atoms with van der Waals surface area (Å²) in [6.45, 7) is 1.28. The molecule has 0 spiro atoms. The van der Waals surface area contributed by atoms with Crippen LogP contribution in [0.4, 0.5) is 11.4 Å². The lowest BCUT2D eigenvalue weighted by Crippen LogP contribution is -2.04. The van der Waals surface area contributed by atoms with Gasteiger partial charge in [0, 0.05) is 5.56 Å². The molecule has 0 aliphatic carbocycles. The summed E-state index contributed by atoms with van der Waals surface area (Å²) in [7, 11) is 0. The zero-order valence-corrected chi connectivity index (χ0v) is 9.26. The van der Waals surface area contributed by atoms with E-state index in [1.165, 1.54) is 19.1 Å². The number of nitrogens with two attached hydrogens (primary N) is 1. The molecule has 0 unspecified atom stereocenters. The van der Waals surface area contributed by atoms with Crippen molar-refractivity contribution in [2.24, 2.45) is 0 Å². The Balaban J connectivity index is 0.00000196. The second-order valence-corrected chi connectivity index (χ2v) is 3.08. The fourth-order valence-electron chi connectivity index (χ4n) is 1.07. The van der Waals surface area contributed by atoms with Crippen LogP contribution in [0.2, 0.25) is 5.02 Å². The molecule has 5 nitrogen and oxygen atoms in total. The predicted molar refractivity (Wildman–Crippen MR) is 59.8 cm³/mol. The largest absolute Gasteiger partial charge is 0.393 e. The Bertz CT molecular complexity index is 421. The number of hydrogen-bond donors (Lipinski definition) is 1. The quantitative estimate of drug-likeness (QED) is 0.378. The molecule has 1 rings (SSSR count). The number of benzene rings is 1. The van der Waals surface area contributed by atoms with Gasteiger partial charge in [-0.1, -0.05) is 11.6 Å². The van der Waals surface area contributed by atoms with Gasteiger partial charge in [0.05, 0.1) is 4.92 Å². The van der Waals surface area contributed by atoms with Crippen LogP contribution in [-0.2, 0) is 0 Å². The van der Waals surface area contributed by atoms with E-state index in [9.17, 15) is 14.9 Å². The van der Waals surface area contributed by atoms with Gasteiger partial charge in [0.15, 0.2) is 5.78 Å². The maximum atomic E-state index is 11.0. The number of nitro benzene ring substituents is 1. The van der Waals surface area contributed by atoms with Crippen molar-refractivity contribution >= 4 is 41.2 Å². The van der Waals surface area contributed by atoms with Gasteiger partial charge in [0.1, 0.15) is 10.7 Å². The van der Waals surface area contributed by atoms with E-state index in [0.29, 0.717) is 0 Å². The molecule has 0 heterocycles. The second kappa shape index (κ2) is 4.95. The summed E-state index contributed by atoms with van der Waals surface area (Å²) < 4.78 is 0. The van der Waals surface area contributed by atoms with Gasteiger partial charge in [0.2, 0.25) is 0 Å². The van der Waals surface area contributed by atoms with Gasteiger partial charge in [0.25, 0.3) is 0 Å². The van der Waals surface area contributed by atoms with Gasteiger partial charge in [-0.25, -0.2) is 0 Å². The number of halogens is 2. The Hall–Kier alpha value is -1.33. The van der Waals surface area contributed by atoms with E-state index in [1.807, 2.05) is 0 Å². The first-order chi connectivity index (χ1) is 6.45. The van der Waals surface area contributed by atoms with Gasteiger partial charge in [-0.05, 0) is 19.1 Å². The number of hydrogen-bond acceptors (Lipinski definition) is 4. The van der Waals surface area contributed by atoms with Crippen LogP contribution in [0.1, 0.15) is 17.3 Å². The molecule has 0 amide bonds. The molecular weight excluding hydrogens is 243 g/mol. The van der Waals surface area contributed by atoms with Crippen LogP contribution < -0.4 is 5.73 Å². The zero-order chi connectivity index (χ0) is 10.9. The number of nitrogens with zero attached hydrogens (tertiary/aromatic N) is 1. The summed E-state index contributed by atoms with van der Waals surface area (Å²) in [6, 6.07) is 2.65. The molecule has 0 aliphatic heterocycles. The minimum atomic E-state index is -0.704. The van der Waals surface area contributed by atoms with Crippen molar-refractivity contribution in [1.29, 1.82) is 0 Å². The van der Waals surface area contributed by atoms with E-state index in [0.717, 1.165) is 0 Å². The summed E-state index contributed by atoms with van der Waals surface area (Å²) in [5.41, 5.74) is 4.95. The Morgan fingerprint density at radius 3 is 2.47 bits per heavy atom. The standard InChI is InChI=1S/C8H7ClN2O3.ClH/c1-4(12)5-2-3-6(9)8(7(5)10)11(13)14;/h2-3H,10H2,1H3;1H. The highest BCUT2D eigenvalue weighted by atomic mass is 35.5. The molecule has 7 heteroatoms. The molecule has 82 valence electrons. The maximum absolute atomic E-state index is 11.0. The zero-order valence-electron chi connectivity index (χ0n) is 7.69. The monoisotopic (exact) mass is 250 g/mol. The third-order valence-corrected chi connectivity index (χ3v) is 2.03. The number of nitro groups is 1. The lowest BCUT2D eigenvalue weighted by atomic mass is 10.1. The third-order valence-electron chi connectivity index (χ3n) is 1.73. The average Bonchev–Trinajstić information content (AvgIpc) is 2.02. The minimum Gasteiger partial charge on any atom is -0.393 e. The number of carbonyl (C=O) groups excluding carboxylic acids is 1.